The van der Waals surface area contributed by atoms with E-state index in [1.807, 2.05) is 32.9 Å². The summed E-state index contributed by atoms with van der Waals surface area (Å²) < 4.78 is 6.87. The van der Waals surface area contributed by atoms with Crippen LogP contribution >= 0.6 is 15.9 Å². The van der Waals surface area contributed by atoms with Crippen molar-refractivity contribution in [3.8, 4) is 0 Å². The largest absolute Gasteiger partial charge is 0.444 e. The standard InChI is InChI=1S/C12H18BrN3O2/c1-12(2,3)18-11(17)15-10-8-14-16(9-10)7-5-4-6-13/h4-5,8-9H,6-7H2,1-3H3,(H,15,17)/b5-4+. The molecule has 0 spiro atoms. The van der Waals surface area contributed by atoms with Gasteiger partial charge in [-0.1, -0.05) is 28.1 Å². The number of hydrogen-bond donors (Lipinski definition) is 1. The number of halogens is 1. The Morgan fingerprint density at radius 1 is 1.56 bits per heavy atom. The Kier molecular flexibility index (Phi) is 5.40. The highest BCUT2D eigenvalue weighted by Gasteiger charge is 2.16. The number of alkyl halides is 1. The molecule has 1 aromatic heterocycles. The molecule has 0 unspecified atom stereocenters. The van der Waals surface area contributed by atoms with Gasteiger partial charge >= 0.3 is 6.09 Å². The van der Waals surface area contributed by atoms with Gasteiger partial charge in [-0.3, -0.25) is 10.00 Å². The number of nitrogens with one attached hydrogen (secondary N) is 1. The Morgan fingerprint density at radius 3 is 2.89 bits per heavy atom. The number of rotatable bonds is 4. The van der Waals surface area contributed by atoms with E-state index >= 15 is 0 Å². The second-order valence-electron chi connectivity index (χ2n) is 4.70. The van der Waals surface area contributed by atoms with Crippen LogP contribution < -0.4 is 5.32 Å². The minimum Gasteiger partial charge on any atom is -0.444 e. The number of hydrogen-bond acceptors (Lipinski definition) is 3. The third kappa shape index (κ3) is 5.86. The van der Waals surface area contributed by atoms with Crippen LogP contribution in [0.25, 0.3) is 0 Å². The number of ether oxygens (including phenoxy) is 1. The molecule has 0 bridgehead atoms. The maximum Gasteiger partial charge on any atom is 0.412 e. The van der Waals surface area contributed by atoms with E-state index in [9.17, 15) is 4.79 Å². The van der Waals surface area contributed by atoms with Gasteiger partial charge in [-0.25, -0.2) is 4.79 Å². The molecule has 0 saturated carbocycles. The molecule has 0 radical (unpaired) electrons. The van der Waals surface area contributed by atoms with E-state index in [0.717, 1.165) is 5.33 Å². The first kappa shape index (κ1) is 14.8. The van der Waals surface area contributed by atoms with Gasteiger partial charge in [-0.15, -0.1) is 0 Å². The van der Waals surface area contributed by atoms with E-state index in [4.69, 9.17) is 4.74 Å². The molecule has 18 heavy (non-hydrogen) atoms. The molecule has 1 heterocycles. The molecular formula is C12H18BrN3O2. The van der Waals surface area contributed by atoms with Crippen molar-refractivity contribution in [1.29, 1.82) is 0 Å². The lowest BCUT2D eigenvalue weighted by atomic mass is 10.2. The molecule has 5 nitrogen and oxygen atoms in total. The van der Waals surface area contributed by atoms with Crippen molar-refractivity contribution in [2.75, 3.05) is 10.6 Å². The van der Waals surface area contributed by atoms with Crippen molar-refractivity contribution in [2.24, 2.45) is 0 Å². The monoisotopic (exact) mass is 315 g/mol. The van der Waals surface area contributed by atoms with Gasteiger partial charge in [0.05, 0.1) is 18.4 Å². The quantitative estimate of drug-likeness (QED) is 0.685. The van der Waals surface area contributed by atoms with Crippen LogP contribution in [0.1, 0.15) is 20.8 Å². The third-order valence-electron chi connectivity index (χ3n) is 1.83. The highest BCUT2D eigenvalue weighted by molar-refractivity contribution is 9.09. The lowest BCUT2D eigenvalue weighted by Gasteiger charge is -2.19. The van der Waals surface area contributed by atoms with Crippen LogP contribution in [0.3, 0.4) is 0 Å². The molecule has 1 aromatic rings. The summed E-state index contributed by atoms with van der Waals surface area (Å²) in [5.41, 5.74) is 0.120. The van der Waals surface area contributed by atoms with Crippen LogP contribution in [0.15, 0.2) is 24.5 Å². The zero-order valence-electron chi connectivity index (χ0n) is 10.8. The second-order valence-corrected chi connectivity index (χ2v) is 5.35. The fourth-order valence-corrected chi connectivity index (χ4v) is 1.46. The minimum absolute atomic E-state index is 0.474. The summed E-state index contributed by atoms with van der Waals surface area (Å²) in [6, 6.07) is 0. The van der Waals surface area contributed by atoms with Crippen LogP contribution in [0.5, 0.6) is 0 Å². The predicted molar refractivity (Wildman–Crippen MR) is 75.0 cm³/mol. The SMILES string of the molecule is CC(C)(C)OC(=O)Nc1cnn(C/C=C/CBr)c1. The van der Waals surface area contributed by atoms with E-state index in [1.165, 1.54) is 0 Å². The summed E-state index contributed by atoms with van der Waals surface area (Å²) in [6.07, 6.45) is 6.84. The molecule has 0 aliphatic heterocycles. The molecule has 0 atom stereocenters. The van der Waals surface area contributed by atoms with Crippen LogP contribution in [0.4, 0.5) is 10.5 Å². The third-order valence-corrected chi connectivity index (χ3v) is 2.20. The number of nitrogens with zero attached hydrogens (tertiary/aromatic N) is 2. The summed E-state index contributed by atoms with van der Waals surface area (Å²) in [5.74, 6) is 0. The van der Waals surface area contributed by atoms with Gasteiger partial charge in [0, 0.05) is 11.5 Å². The average Bonchev–Trinajstić information content (AvgIpc) is 2.63. The number of carbonyl (C=O) groups is 1. The van der Waals surface area contributed by atoms with E-state index in [1.54, 1.807) is 17.1 Å². The molecule has 100 valence electrons. The minimum atomic E-state index is -0.501. The molecule has 0 aliphatic rings. The summed E-state index contributed by atoms with van der Waals surface area (Å²) >= 11 is 3.30. The lowest BCUT2D eigenvalue weighted by Crippen LogP contribution is -2.27. The fourth-order valence-electron chi connectivity index (χ4n) is 1.19. The number of amides is 1. The van der Waals surface area contributed by atoms with E-state index in [-0.39, 0.29) is 0 Å². The first-order chi connectivity index (χ1) is 8.40. The summed E-state index contributed by atoms with van der Waals surface area (Å²) in [6.45, 7) is 6.13. The number of carbonyl (C=O) groups excluding carboxylic acids is 1. The Morgan fingerprint density at radius 2 is 2.28 bits per heavy atom. The van der Waals surface area contributed by atoms with Crippen molar-refractivity contribution >= 4 is 27.7 Å². The van der Waals surface area contributed by atoms with Crippen LogP contribution in [0.2, 0.25) is 0 Å². The molecule has 0 saturated heterocycles. The van der Waals surface area contributed by atoms with Crippen molar-refractivity contribution in [3.63, 3.8) is 0 Å². The first-order valence-corrected chi connectivity index (χ1v) is 6.76. The maximum atomic E-state index is 11.5. The molecule has 0 fully saturated rings. The molecule has 1 N–H and O–H groups in total. The average molecular weight is 316 g/mol. The zero-order valence-corrected chi connectivity index (χ0v) is 12.4. The number of allylic oxidation sites excluding steroid dienone is 2. The molecule has 6 heteroatoms. The van der Waals surface area contributed by atoms with Gasteiger partial charge in [0.15, 0.2) is 0 Å². The van der Waals surface area contributed by atoms with E-state index < -0.39 is 11.7 Å². The Labute approximate surface area is 115 Å². The van der Waals surface area contributed by atoms with Gasteiger partial charge in [0.25, 0.3) is 0 Å². The lowest BCUT2D eigenvalue weighted by molar-refractivity contribution is 0.0636. The maximum absolute atomic E-state index is 11.5. The second kappa shape index (κ2) is 6.58. The van der Waals surface area contributed by atoms with Crippen LogP contribution in [-0.4, -0.2) is 26.8 Å². The van der Waals surface area contributed by atoms with E-state index in [0.29, 0.717) is 12.2 Å². The first-order valence-electron chi connectivity index (χ1n) is 5.64. The molecule has 1 rings (SSSR count). The van der Waals surface area contributed by atoms with Crippen LogP contribution in [-0.2, 0) is 11.3 Å². The molecular weight excluding hydrogens is 298 g/mol. The topological polar surface area (TPSA) is 56.1 Å². The Balaban J connectivity index is 2.48. The van der Waals surface area contributed by atoms with Crippen molar-refractivity contribution in [1.82, 2.24) is 9.78 Å². The van der Waals surface area contributed by atoms with Gasteiger partial charge in [-0.05, 0) is 20.8 Å². The van der Waals surface area contributed by atoms with Gasteiger partial charge in [0.1, 0.15) is 5.60 Å². The summed E-state index contributed by atoms with van der Waals surface area (Å²) in [5, 5.41) is 7.57. The van der Waals surface area contributed by atoms with Gasteiger partial charge in [0.2, 0.25) is 0 Å². The van der Waals surface area contributed by atoms with Crippen molar-refractivity contribution < 1.29 is 9.53 Å². The van der Waals surface area contributed by atoms with Crippen molar-refractivity contribution in [3.05, 3.63) is 24.5 Å². The molecule has 0 aromatic carbocycles. The predicted octanol–water partition coefficient (Wildman–Crippen LogP) is 3.18. The molecule has 0 aliphatic carbocycles. The smallest absolute Gasteiger partial charge is 0.412 e. The Bertz CT molecular complexity index is 421. The van der Waals surface area contributed by atoms with Crippen molar-refractivity contribution in [2.45, 2.75) is 32.9 Å². The fraction of sp³-hybridized carbons (Fsp3) is 0.500. The normalized spacial score (nSPS) is 11.8. The highest BCUT2D eigenvalue weighted by Crippen LogP contribution is 2.10. The zero-order chi connectivity index (χ0) is 13.6. The van der Waals surface area contributed by atoms with Crippen LogP contribution in [0, 0.1) is 0 Å². The Hall–Kier alpha value is -1.30. The molecule has 1 amide bonds. The summed E-state index contributed by atoms with van der Waals surface area (Å²) in [4.78, 5) is 11.5. The summed E-state index contributed by atoms with van der Waals surface area (Å²) in [7, 11) is 0. The number of aromatic nitrogens is 2. The van der Waals surface area contributed by atoms with Gasteiger partial charge in [-0.2, -0.15) is 5.10 Å². The number of anilines is 1. The highest BCUT2D eigenvalue weighted by atomic mass is 79.9. The van der Waals surface area contributed by atoms with E-state index in [2.05, 4.69) is 26.3 Å². The van der Waals surface area contributed by atoms with Gasteiger partial charge < -0.3 is 4.74 Å².